The normalized spacial score (nSPS) is 13.1. The number of ether oxygens (including phenoxy) is 2. The van der Waals surface area contributed by atoms with Gasteiger partial charge in [0.05, 0.1) is 12.2 Å². The summed E-state index contributed by atoms with van der Waals surface area (Å²) in [6.07, 6.45) is 1.68. The number of aryl methyl sites for hydroxylation is 1. The van der Waals surface area contributed by atoms with Crippen LogP contribution >= 0.6 is 0 Å². The van der Waals surface area contributed by atoms with Crippen LogP contribution in [0.2, 0.25) is 0 Å². The Balaban J connectivity index is 1.66. The Bertz CT molecular complexity index is 964. The lowest BCUT2D eigenvalue weighted by atomic mass is 10.1. The minimum atomic E-state index is -0.735. The van der Waals surface area contributed by atoms with Crippen molar-refractivity contribution in [3.8, 4) is 0 Å². The van der Waals surface area contributed by atoms with E-state index < -0.39 is 18.5 Å². The van der Waals surface area contributed by atoms with Crippen molar-refractivity contribution in [3.63, 3.8) is 0 Å². The van der Waals surface area contributed by atoms with Crippen molar-refractivity contribution in [1.29, 1.82) is 0 Å². The number of carbonyl (C=O) groups is 3. The summed E-state index contributed by atoms with van der Waals surface area (Å²) in [5, 5.41) is 0. The number of carbonyl (C=O) groups excluding carboxylic acids is 3. The van der Waals surface area contributed by atoms with E-state index in [0.717, 1.165) is 12.8 Å². The van der Waals surface area contributed by atoms with E-state index in [1.807, 2.05) is 0 Å². The highest BCUT2D eigenvalue weighted by Crippen LogP contribution is 2.29. The van der Waals surface area contributed by atoms with Gasteiger partial charge in [0, 0.05) is 23.8 Å². The maximum atomic E-state index is 14.0. The van der Waals surface area contributed by atoms with Crippen LogP contribution in [0.4, 0.5) is 4.39 Å². The molecule has 7 nitrogen and oxygen atoms in total. The van der Waals surface area contributed by atoms with Crippen molar-refractivity contribution in [2.24, 2.45) is 0 Å². The minimum absolute atomic E-state index is 0.0284. The minimum Gasteiger partial charge on any atom is -0.462 e. The van der Waals surface area contributed by atoms with Crippen LogP contribution < -0.4 is 0 Å². The molecule has 1 heterocycles. The van der Waals surface area contributed by atoms with E-state index in [2.05, 4.69) is 4.98 Å². The summed E-state index contributed by atoms with van der Waals surface area (Å²) in [5.41, 5.74) is 1.71. The molecule has 1 aliphatic carbocycles. The smallest absolute Gasteiger partial charge is 0.355 e. The van der Waals surface area contributed by atoms with E-state index in [9.17, 15) is 18.8 Å². The van der Waals surface area contributed by atoms with Crippen molar-refractivity contribution in [1.82, 2.24) is 9.88 Å². The standard InChI is InChI=1S/C22H25FN2O5/c1-4-29-21(27)19-13(2)20(24-14(19)3)22(28)30-12-18(26)25(16-9-10-16)11-15-7-5-6-8-17(15)23/h5-8,16,24H,4,9-12H2,1-3H3. The third-order valence-electron chi connectivity index (χ3n) is 5.05. The number of benzene rings is 1. The van der Waals surface area contributed by atoms with Gasteiger partial charge in [-0.2, -0.15) is 0 Å². The van der Waals surface area contributed by atoms with Gasteiger partial charge in [-0.25, -0.2) is 14.0 Å². The number of aromatic amines is 1. The van der Waals surface area contributed by atoms with Gasteiger partial charge in [-0.1, -0.05) is 18.2 Å². The number of nitrogens with zero attached hydrogens (tertiary/aromatic N) is 1. The van der Waals surface area contributed by atoms with E-state index in [1.54, 1.807) is 43.9 Å². The summed E-state index contributed by atoms with van der Waals surface area (Å²) in [7, 11) is 0. The monoisotopic (exact) mass is 416 g/mol. The molecule has 1 N–H and O–H groups in total. The summed E-state index contributed by atoms with van der Waals surface area (Å²) in [5.74, 6) is -2.03. The molecule has 0 spiro atoms. The first kappa shape index (κ1) is 21.5. The van der Waals surface area contributed by atoms with Gasteiger partial charge in [0.1, 0.15) is 11.5 Å². The van der Waals surface area contributed by atoms with E-state index in [4.69, 9.17) is 9.47 Å². The number of nitrogens with one attached hydrogen (secondary N) is 1. The van der Waals surface area contributed by atoms with Gasteiger partial charge < -0.3 is 19.4 Å². The topological polar surface area (TPSA) is 88.7 Å². The number of H-pyrrole nitrogens is 1. The number of hydrogen-bond donors (Lipinski definition) is 1. The average molecular weight is 416 g/mol. The summed E-state index contributed by atoms with van der Waals surface area (Å²) in [4.78, 5) is 41.6. The molecular weight excluding hydrogens is 391 g/mol. The Morgan fingerprint density at radius 2 is 1.83 bits per heavy atom. The molecule has 8 heteroatoms. The lowest BCUT2D eigenvalue weighted by Crippen LogP contribution is -2.36. The summed E-state index contributed by atoms with van der Waals surface area (Å²) in [6, 6.07) is 6.32. The number of rotatable bonds is 8. The van der Waals surface area contributed by atoms with Gasteiger partial charge in [-0.05, 0) is 45.2 Å². The third-order valence-corrected chi connectivity index (χ3v) is 5.05. The number of esters is 2. The first-order chi connectivity index (χ1) is 14.3. The Labute approximate surface area is 174 Å². The number of aromatic nitrogens is 1. The fourth-order valence-electron chi connectivity index (χ4n) is 3.36. The molecule has 1 aliphatic rings. The Kier molecular flexibility index (Phi) is 6.54. The summed E-state index contributed by atoms with van der Waals surface area (Å²) < 4.78 is 24.2. The van der Waals surface area contributed by atoms with Gasteiger partial charge in [-0.15, -0.1) is 0 Å². The zero-order valence-corrected chi connectivity index (χ0v) is 17.3. The second-order valence-corrected chi connectivity index (χ2v) is 7.27. The van der Waals surface area contributed by atoms with Gasteiger partial charge in [0.25, 0.3) is 5.91 Å². The molecule has 2 aromatic rings. The molecule has 0 aliphatic heterocycles. The highest BCUT2D eigenvalue weighted by Gasteiger charge is 2.33. The molecule has 1 saturated carbocycles. The SMILES string of the molecule is CCOC(=O)c1c(C)[nH]c(C(=O)OCC(=O)N(Cc2ccccc2F)C2CC2)c1C. The van der Waals surface area contributed by atoms with E-state index >= 15 is 0 Å². The third kappa shape index (κ3) is 4.69. The molecule has 1 amide bonds. The second kappa shape index (κ2) is 9.11. The van der Waals surface area contributed by atoms with Crippen LogP contribution in [0, 0.1) is 19.7 Å². The van der Waals surface area contributed by atoms with Crippen LogP contribution in [-0.4, -0.2) is 47.0 Å². The van der Waals surface area contributed by atoms with Crippen LogP contribution in [-0.2, 0) is 20.8 Å². The fraction of sp³-hybridized carbons (Fsp3) is 0.409. The second-order valence-electron chi connectivity index (χ2n) is 7.27. The zero-order valence-electron chi connectivity index (χ0n) is 17.3. The van der Waals surface area contributed by atoms with E-state index in [1.165, 1.54) is 6.07 Å². The van der Waals surface area contributed by atoms with E-state index in [-0.39, 0.29) is 42.2 Å². The molecule has 3 rings (SSSR count). The summed E-state index contributed by atoms with van der Waals surface area (Å²) >= 11 is 0. The molecule has 0 radical (unpaired) electrons. The highest BCUT2D eigenvalue weighted by molar-refractivity contribution is 5.99. The lowest BCUT2D eigenvalue weighted by Gasteiger charge is -2.22. The molecule has 160 valence electrons. The Morgan fingerprint density at radius 3 is 2.47 bits per heavy atom. The largest absolute Gasteiger partial charge is 0.462 e. The highest BCUT2D eigenvalue weighted by atomic mass is 19.1. The van der Waals surface area contributed by atoms with Crippen molar-refractivity contribution in [3.05, 3.63) is 58.2 Å². The Hall–Kier alpha value is -3.16. The average Bonchev–Trinajstić information content (AvgIpc) is 3.50. The number of hydrogen-bond acceptors (Lipinski definition) is 5. The predicted molar refractivity (Wildman–Crippen MR) is 106 cm³/mol. The van der Waals surface area contributed by atoms with Crippen molar-refractivity contribution in [2.45, 2.75) is 46.2 Å². The summed E-state index contributed by atoms with van der Waals surface area (Å²) in [6.45, 7) is 4.85. The number of amides is 1. The first-order valence-corrected chi connectivity index (χ1v) is 9.89. The maximum Gasteiger partial charge on any atom is 0.355 e. The van der Waals surface area contributed by atoms with Gasteiger partial charge in [0.15, 0.2) is 6.61 Å². The molecule has 0 saturated heterocycles. The van der Waals surface area contributed by atoms with Crippen LogP contribution in [0.3, 0.4) is 0 Å². The van der Waals surface area contributed by atoms with Crippen LogP contribution in [0.5, 0.6) is 0 Å². The first-order valence-electron chi connectivity index (χ1n) is 9.89. The predicted octanol–water partition coefficient (Wildman–Crippen LogP) is 3.30. The van der Waals surface area contributed by atoms with Gasteiger partial charge >= 0.3 is 11.9 Å². The molecular formula is C22H25FN2O5. The van der Waals surface area contributed by atoms with E-state index in [0.29, 0.717) is 16.8 Å². The molecule has 1 aromatic carbocycles. The van der Waals surface area contributed by atoms with Gasteiger partial charge in [-0.3, -0.25) is 4.79 Å². The maximum absolute atomic E-state index is 14.0. The lowest BCUT2D eigenvalue weighted by molar-refractivity contribution is -0.135. The zero-order chi connectivity index (χ0) is 21.8. The van der Waals surface area contributed by atoms with Crippen molar-refractivity contribution in [2.75, 3.05) is 13.2 Å². The molecule has 30 heavy (non-hydrogen) atoms. The Morgan fingerprint density at radius 1 is 1.13 bits per heavy atom. The molecule has 0 atom stereocenters. The van der Waals surface area contributed by atoms with Crippen LogP contribution in [0.25, 0.3) is 0 Å². The molecule has 0 bridgehead atoms. The number of halogens is 1. The van der Waals surface area contributed by atoms with Crippen molar-refractivity contribution >= 4 is 17.8 Å². The van der Waals surface area contributed by atoms with Crippen molar-refractivity contribution < 1.29 is 28.2 Å². The molecule has 1 fully saturated rings. The quantitative estimate of drug-likeness (QED) is 0.667. The van der Waals surface area contributed by atoms with Crippen LogP contribution in [0.1, 0.15) is 57.4 Å². The molecule has 1 aromatic heterocycles. The molecule has 0 unspecified atom stereocenters. The van der Waals surface area contributed by atoms with Crippen LogP contribution in [0.15, 0.2) is 24.3 Å². The fourth-order valence-corrected chi connectivity index (χ4v) is 3.36. The van der Waals surface area contributed by atoms with Gasteiger partial charge in [0.2, 0.25) is 0 Å².